The first-order chi connectivity index (χ1) is 9.97. The molecule has 1 atom stereocenters. The van der Waals surface area contributed by atoms with Crippen molar-refractivity contribution in [1.29, 1.82) is 0 Å². The minimum absolute atomic E-state index is 0.0456. The Morgan fingerprint density at radius 3 is 2.24 bits per heavy atom. The normalized spacial score (nSPS) is 12.2. The van der Waals surface area contributed by atoms with Crippen molar-refractivity contribution in [3.05, 3.63) is 35.9 Å². The van der Waals surface area contributed by atoms with E-state index in [1.165, 1.54) is 13.2 Å². The molecule has 1 N–H and O–H groups in total. The van der Waals surface area contributed by atoms with Gasteiger partial charge in [0.2, 0.25) is 5.91 Å². The first-order valence-corrected chi connectivity index (χ1v) is 6.68. The quantitative estimate of drug-likeness (QED) is 0.643. The summed E-state index contributed by atoms with van der Waals surface area (Å²) in [6.07, 6.45) is 3.06. The van der Waals surface area contributed by atoms with Crippen LogP contribution in [0, 0.1) is 5.92 Å². The van der Waals surface area contributed by atoms with Crippen molar-refractivity contribution in [2.45, 2.75) is 19.9 Å². The van der Waals surface area contributed by atoms with Gasteiger partial charge in [0.25, 0.3) is 0 Å². The molecule has 114 valence electrons. The van der Waals surface area contributed by atoms with Crippen LogP contribution in [0.3, 0.4) is 0 Å². The van der Waals surface area contributed by atoms with E-state index in [1.54, 1.807) is 13.2 Å². The van der Waals surface area contributed by atoms with Crippen molar-refractivity contribution in [3.8, 4) is 5.75 Å². The molecule has 0 aromatic heterocycles. The molecule has 0 heterocycles. The molecule has 1 amide bonds. The van der Waals surface area contributed by atoms with Crippen molar-refractivity contribution in [2.75, 3.05) is 14.2 Å². The lowest BCUT2D eigenvalue weighted by atomic mass is 10.0. The summed E-state index contributed by atoms with van der Waals surface area (Å²) in [6.45, 7) is 3.68. The predicted molar refractivity (Wildman–Crippen MR) is 80.8 cm³/mol. The maximum Gasteiger partial charge on any atom is 0.328 e. The molecule has 1 aromatic carbocycles. The third-order valence-corrected chi connectivity index (χ3v) is 2.96. The number of amides is 1. The van der Waals surface area contributed by atoms with E-state index in [2.05, 4.69) is 10.1 Å². The number of hydrogen-bond donors (Lipinski definition) is 1. The van der Waals surface area contributed by atoms with Gasteiger partial charge in [0, 0.05) is 6.08 Å². The molecule has 0 saturated heterocycles. The Balaban J connectivity index is 2.66. The van der Waals surface area contributed by atoms with Crippen molar-refractivity contribution in [3.63, 3.8) is 0 Å². The van der Waals surface area contributed by atoms with Gasteiger partial charge in [0.15, 0.2) is 0 Å². The van der Waals surface area contributed by atoms with E-state index in [4.69, 9.17) is 4.74 Å². The SMILES string of the molecule is COC(=O)[C@H](NC(=O)/C=C/c1ccc(OC)cc1)C(C)C. The van der Waals surface area contributed by atoms with Crippen LogP contribution in [0.5, 0.6) is 5.75 Å². The van der Waals surface area contributed by atoms with Gasteiger partial charge < -0.3 is 14.8 Å². The van der Waals surface area contributed by atoms with Gasteiger partial charge in [-0.1, -0.05) is 26.0 Å². The van der Waals surface area contributed by atoms with E-state index >= 15 is 0 Å². The molecule has 0 aliphatic rings. The average Bonchev–Trinajstić information content (AvgIpc) is 2.50. The lowest BCUT2D eigenvalue weighted by molar-refractivity contribution is -0.145. The van der Waals surface area contributed by atoms with Crippen LogP contribution in [0.1, 0.15) is 19.4 Å². The Hall–Kier alpha value is -2.30. The van der Waals surface area contributed by atoms with Crippen LogP contribution in [-0.4, -0.2) is 32.1 Å². The number of hydrogen-bond acceptors (Lipinski definition) is 4. The summed E-state index contributed by atoms with van der Waals surface area (Å²) in [4.78, 5) is 23.4. The summed E-state index contributed by atoms with van der Waals surface area (Å²) in [6, 6.07) is 6.64. The highest BCUT2D eigenvalue weighted by Gasteiger charge is 2.23. The molecule has 0 saturated carbocycles. The Morgan fingerprint density at radius 2 is 1.76 bits per heavy atom. The highest BCUT2D eigenvalue weighted by Crippen LogP contribution is 2.12. The third kappa shape index (κ3) is 5.30. The fourth-order valence-corrected chi connectivity index (χ4v) is 1.71. The lowest BCUT2D eigenvalue weighted by Crippen LogP contribution is -2.44. The van der Waals surface area contributed by atoms with Crippen molar-refractivity contribution < 1.29 is 19.1 Å². The minimum Gasteiger partial charge on any atom is -0.497 e. The van der Waals surface area contributed by atoms with Gasteiger partial charge in [-0.25, -0.2) is 4.79 Å². The van der Waals surface area contributed by atoms with E-state index < -0.39 is 12.0 Å². The monoisotopic (exact) mass is 291 g/mol. The van der Waals surface area contributed by atoms with E-state index in [9.17, 15) is 9.59 Å². The second-order valence-electron chi connectivity index (χ2n) is 4.86. The third-order valence-electron chi connectivity index (χ3n) is 2.96. The Bertz CT molecular complexity index is 506. The van der Waals surface area contributed by atoms with Crippen molar-refractivity contribution in [2.24, 2.45) is 5.92 Å². The summed E-state index contributed by atoms with van der Waals surface area (Å²) < 4.78 is 9.73. The van der Waals surface area contributed by atoms with Gasteiger partial charge >= 0.3 is 5.97 Å². The van der Waals surface area contributed by atoms with Gasteiger partial charge in [-0.2, -0.15) is 0 Å². The molecule has 0 aliphatic heterocycles. The number of ether oxygens (including phenoxy) is 2. The highest BCUT2D eigenvalue weighted by molar-refractivity contribution is 5.94. The molecule has 0 spiro atoms. The highest BCUT2D eigenvalue weighted by atomic mass is 16.5. The van der Waals surface area contributed by atoms with Crippen LogP contribution < -0.4 is 10.1 Å². The molecule has 5 heteroatoms. The van der Waals surface area contributed by atoms with E-state index in [1.807, 2.05) is 38.1 Å². The zero-order chi connectivity index (χ0) is 15.8. The van der Waals surface area contributed by atoms with Gasteiger partial charge in [-0.15, -0.1) is 0 Å². The van der Waals surface area contributed by atoms with E-state index in [-0.39, 0.29) is 11.8 Å². The van der Waals surface area contributed by atoms with Crippen molar-refractivity contribution in [1.82, 2.24) is 5.32 Å². The zero-order valence-corrected chi connectivity index (χ0v) is 12.8. The summed E-state index contributed by atoms with van der Waals surface area (Å²) in [5, 5.41) is 2.63. The molecule has 5 nitrogen and oxygen atoms in total. The van der Waals surface area contributed by atoms with Gasteiger partial charge in [0.05, 0.1) is 14.2 Å². The van der Waals surface area contributed by atoms with Crippen LogP contribution in [0.25, 0.3) is 6.08 Å². The van der Waals surface area contributed by atoms with Gasteiger partial charge in [-0.05, 0) is 29.7 Å². The molecule has 1 rings (SSSR count). The van der Waals surface area contributed by atoms with Crippen LogP contribution in [0.15, 0.2) is 30.3 Å². The molecular formula is C16H21NO4. The molecule has 0 unspecified atom stereocenters. The Morgan fingerprint density at radius 1 is 1.14 bits per heavy atom. The van der Waals surface area contributed by atoms with Crippen LogP contribution in [0.4, 0.5) is 0 Å². The maximum atomic E-state index is 11.8. The smallest absolute Gasteiger partial charge is 0.328 e. The summed E-state index contributed by atoms with van der Waals surface area (Å²) >= 11 is 0. The molecule has 0 aliphatic carbocycles. The predicted octanol–water partition coefficient (Wildman–Crippen LogP) is 2.02. The second-order valence-corrected chi connectivity index (χ2v) is 4.86. The summed E-state index contributed by atoms with van der Waals surface area (Å²) in [5.74, 6) is -0.0796. The zero-order valence-electron chi connectivity index (χ0n) is 12.8. The van der Waals surface area contributed by atoms with Gasteiger partial charge in [-0.3, -0.25) is 4.79 Å². The number of methoxy groups -OCH3 is 2. The number of nitrogens with one attached hydrogen (secondary N) is 1. The number of carbonyl (C=O) groups is 2. The first kappa shape index (κ1) is 16.8. The van der Waals surface area contributed by atoms with Gasteiger partial charge in [0.1, 0.15) is 11.8 Å². The molecule has 0 bridgehead atoms. The molecule has 1 aromatic rings. The first-order valence-electron chi connectivity index (χ1n) is 6.68. The molecular weight excluding hydrogens is 270 g/mol. The van der Waals surface area contributed by atoms with E-state index in [0.29, 0.717) is 0 Å². The Labute approximate surface area is 124 Å². The summed E-state index contributed by atoms with van der Waals surface area (Å²) in [7, 11) is 2.90. The lowest BCUT2D eigenvalue weighted by Gasteiger charge is -2.18. The number of rotatable bonds is 6. The van der Waals surface area contributed by atoms with Crippen LogP contribution in [0.2, 0.25) is 0 Å². The van der Waals surface area contributed by atoms with Crippen LogP contribution in [-0.2, 0) is 14.3 Å². The number of benzene rings is 1. The second kappa shape index (κ2) is 8.09. The molecule has 0 radical (unpaired) electrons. The van der Waals surface area contributed by atoms with E-state index in [0.717, 1.165) is 11.3 Å². The topological polar surface area (TPSA) is 64.6 Å². The average molecular weight is 291 g/mol. The number of carbonyl (C=O) groups excluding carboxylic acids is 2. The maximum absolute atomic E-state index is 11.8. The fourth-order valence-electron chi connectivity index (χ4n) is 1.71. The molecule has 0 fully saturated rings. The fraction of sp³-hybridized carbons (Fsp3) is 0.375. The largest absolute Gasteiger partial charge is 0.497 e. The van der Waals surface area contributed by atoms with Crippen molar-refractivity contribution >= 4 is 18.0 Å². The standard InChI is InChI=1S/C16H21NO4/c1-11(2)15(16(19)21-4)17-14(18)10-7-12-5-8-13(20-3)9-6-12/h5-11,15H,1-4H3,(H,17,18)/b10-7+/t15-/m1/s1. The molecule has 21 heavy (non-hydrogen) atoms. The Kier molecular flexibility index (Phi) is 6.46. The number of esters is 1. The van der Waals surface area contributed by atoms with Crippen LogP contribution >= 0.6 is 0 Å². The summed E-state index contributed by atoms with van der Waals surface area (Å²) in [5.41, 5.74) is 0.866. The minimum atomic E-state index is -0.650.